The van der Waals surface area contributed by atoms with Crippen molar-refractivity contribution in [2.45, 2.75) is 19.8 Å². The third-order valence-corrected chi connectivity index (χ3v) is 5.42. The van der Waals surface area contributed by atoms with Crippen LogP contribution in [0.1, 0.15) is 18.9 Å². The number of hydrogen-bond acceptors (Lipinski definition) is 4. The van der Waals surface area contributed by atoms with E-state index in [4.69, 9.17) is 0 Å². The van der Waals surface area contributed by atoms with Gasteiger partial charge < -0.3 is 20.9 Å². The van der Waals surface area contributed by atoms with Gasteiger partial charge in [0, 0.05) is 50.5 Å². The number of nitrogens with zero attached hydrogens (tertiary/aromatic N) is 2. The minimum atomic E-state index is -0.329. The van der Waals surface area contributed by atoms with E-state index in [2.05, 4.69) is 27.8 Å². The molecule has 3 rings (SSSR count). The summed E-state index contributed by atoms with van der Waals surface area (Å²) in [6, 6.07) is 16.6. The number of urea groups is 1. The summed E-state index contributed by atoms with van der Waals surface area (Å²) in [6.07, 6.45) is 1.11. The molecule has 3 N–H and O–H groups in total. The van der Waals surface area contributed by atoms with Gasteiger partial charge in [0.15, 0.2) is 0 Å². The number of carbonyl (C=O) groups is 3. The van der Waals surface area contributed by atoms with E-state index in [1.54, 1.807) is 17.0 Å². The van der Waals surface area contributed by atoms with Gasteiger partial charge in [-0.2, -0.15) is 0 Å². The molecule has 0 aliphatic carbocycles. The molecule has 32 heavy (non-hydrogen) atoms. The zero-order valence-corrected chi connectivity index (χ0v) is 18.5. The molecule has 2 aromatic carbocycles. The predicted molar refractivity (Wildman–Crippen MR) is 126 cm³/mol. The van der Waals surface area contributed by atoms with Crippen molar-refractivity contribution in [3.8, 4) is 0 Å². The Hall–Kier alpha value is -3.39. The molecule has 8 heteroatoms. The van der Waals surface area contributed by atoms with E-state index in [9.17, 15) is 14.4 Å². The number of piperazine rings is 1. The number of rotatable bonds is 8. The highest BCUT2D eigenvalue weighted by atomic mass is 16.2. The molecule has 0 spiro atoms. The van der Waals surface area contributed by atoms with Crippen LogP contribution in [0.2, 0.25) is 0 Å². The average Bonchev–Trinajstić information content (AvgIpc) is 2.80. The maximum atomic E-state index is 12.4. The maximum Gasteiger partial charge on any atom is 0.319 e. The van der Waals surface area contributed by atoms with E-state index in [1.807, 2.05) is 42.5 Å². The molecule has 0 saturated carbocycles. The largest absolute Gasteiger partial charge is 0.340 e. The Kier molecular flexibility index (Phi) is 8.62. The van der Waals surface area contributed by atoms with Crippen LogP contribution in [0.25, 0.3) is 0 Å². The van der Waals surface area contributed by atoms with Crippen LogP contribution in [-0.4, -0.2) is 66.9 Å². The van der Waals surface area contributed by atoms with Crippen LogP contribution in [0.3, 0.4) is 0 Å². The average molecular weight is 438 g/mol. The zero-order chi connectivity index (χ0) is 22.8. The standard InChI is InChI=1S/C24H31N5O3/c1-2-19-8-6-7-11-21(19)27-22(30)18-28-14-16-29(17-15-28)23(31)12-13-25-24(32)26-20-9-4-3-5-10-20/h3-11H,2,12-18H2,1H3,(H,27,30)(H2,25,26,32). The highest BCUT2D eigenvalue weighted by molar-refractivity contribution is 5.93. The lowest BCUT2D eigenvalue weighted by molar-refractivity contribution is -0.132. The first-order valence-electron chi connectivity index (χ1n) is 11.0. The lowest BCUT2D eigenvalue weighted by atomic mass is 10.1. The summed E-state index contributed by atoms with van der Waals surface area (Å²) in [7, 11) is 0. The molecule has 1 aliphatic heterocycles. The van der Waals surface area contributed by atoms with Crippen LogP contribution in [0.5, 0.6) is 0 Å². The molecule has 0 unspecified atom stereocenters. The molecule has 8 nitrogen and oxygen atoms in total. The molecule has 0 radical (unpaired) electrons. The quantitative estimate of drug-likeness (QED) is 0.592. The molecule has 0 aromatic heterocycles. The third-order valence-electron chi connectivity index (χ3n) is 5.42. The second-order valence-electron chi connectivity index (χ2n) is 7.71. The Bertz CT molecular complexity index is 911. The number of amides is 4. The Morgan fingerprint density at radius 1 is 0.875 bits per heavy atom. The van der Waals surface area contributed by atoms with Gasteiger partial charge in [-0.25, -0.2) is 4.79 Å². The minimum absolute atomic E-state index is 0.00554. The molecule has 0 atom stereocenters. The zero-order valence-electron chi connectivity index (χ0n) is 18.5. The van der Waals surface area contributed by atoms with E-state index in [0.29, 0.717) is 38.4 Å². The van der Waals surface area contributed by atoms with Gasteiger partial charge in [-0.1, -0.05) is 43.3 Å². The number of anilines is 2. The summed E-state index contributed by atoms with van der Waals surface area (Å²) in [4.78, 5) is 40.6. The van der Waals surface area contributed by atoms with Crippen LogP contribution in [-0.2, 0) is 16.0 Å². The van der Waals surface area contributed by atoms with E-state index in [0.717, 1.165) is 17.7 Å². The van der Waals surface area contributed by atoms with Gasteiger partial charge in [0.25, 0.3) is 0 Å². The first-order valence-corrected chi connectivity index (χ1v) is 11.0. The molecular weight excluding hydrogens is 406 g/mol. The maximum absolute atomic E-state index is 12.4. The fourth-order valence-corrected chi connectivity index (χ4v) is 3.64. The summed E-state index contributed by atoms with van der Waals surface area (Å²) < 4.78 is 0. The molecular formula is C24H31N5O3. The monoisotopic (exact) mass is 437 g/mol. The lowest BCUT2D eigenvalue weighted by Crippen LogP contribution is -2.50. The van der Waals surface area contributed by atoms with Crippen molar-refractivity contribution < 1.29 is 14.4 Å². The predicted octanol–water partition coefficient (Wildman–Crippen LogP) is 2.54. The van der Waals surface area contributed by atoms with Crippen molar-refractivity contribution in [3.63, 3.8) is 0 Å². The van der Waals surface area contributed by atoms with E-state index in [1.165, 1.54) is 0 Å². The Balaban J connectivity index is 1.33. The first-order chi connectivity index (χ1) is 15.5. The number of carbonyl (C=O) groups excluding carboxylic acids is 3. The molecule has 4 amide bonds. The summed E-state index contributed by atoms with van der Waals surface area (Å²) in [5, 5.41) is 8.42. The topological polar surface area (TPSA) is 93.8 Å². The Labute approximate surface area is 189 Å². The highest BCUT2D eigenvalue weighted by Crippen LogP contribution is 2.15. The van der Waals surface area contributed by atoms with Crippen molar-refractivity contribution in [1.82, 2.24) is 15.1 Å². The van der Waals surface area contributed by atoms with Gasteiger partial charge in [-0.15, -0.1) is 0 Å². The van der Waals surface area contributed by atoms with E-state index >= 15 is 0 Å². The molecule has 1 fully saturated rings. The fraction of sp³-hybridized carbons (Fsp3) is 0.375. The van der Waals surface area contributed by atoms with Crippen LogP contribution in [0, 0.1) is 0 Å². The number of aryl methyl sites for hydroxylation is 1. The number of para-hydroxylation sites is 2. The van der Waals surface area contributed by atoms with Gasteiger partial charge in [0.2, 0.25) is 11.8 Å². The molecule has 0 bridgehead atoms. The van der Waals surface area contributed by atoms with Crippen molar-refractivity contribution >= 4 is 29.2 Å². The van der Waals surface area contributed by atoms with Crippen molar-refractivity contribution in [3.05, 3.63) is 60.2 Å². The number of nitrogens with one attached hydrogen (secondary N) is 3. The van der Waals surface area contributed by atoms with Crippen LogP contribution in [0.15, 0.2) is 54.6 Å². The summed E-state index contributed by atoms with van der Waals surface area (Å²) in [5.74, 6) is -0.0368. The highest BCUT2D eigenvalue weighted by Gasteiger charge is 2.22. The molecule has 1 aliphatic rings. The Morgan fingerprint density at radius 2 is 1.56 bits per heavy atom. The van der Waals surface area contributed by atoms with Crippen molar-refractivity contribution in [2.75, 3.05) is 49.9 Å². The first kappa shape index (κ1) is 23.3. The summed E-state index contributed by atoms with van der Waals surface area (Å²) in [5.41, 5.74) is 2.68. The number of benzene rings is 2. The van der Waals surface area contributed by atoms with E-state index in [-0.39, 0.29) is 30.8 Å². The van der Waals surface area contributed by atoms with Gasteiger partial charge in [-0.05, 0) is 30.2 Å². The lowest BCUT2D eigenvalue weighted by Gasteiger charge is -2.34. The minimum Gasteiger partial charge on any atom is -0.340 e. The molecule has 1 heterocycles. The van der Waals surface area contributed by atoms with Crippen LogP contribution in [0.4, 0.5) is 16.2 Å². The van der Waals surface area contributed by atoms with Crippen molar-refractivity contribution in [1.29, 1.82) is 0 Å². The molecule has 1 saturated heterocycles. The van der Waals surface area contributed by atoms with Gasteiger partial charge in [0.1, 0.15) is 0 Å². The third kappa shape index (κ3) is 7.09. The second-order valence-corrected chi connectivity index (χ2v) is 7.71. The smallest absolute Gasteiger partial charge is 0.319 e. The van der Waals surface area contributed by atoms with Crippen LogP contribution < -0.4 is 16.0 Å². The van der Waals surface area contributed by atoms with E-state index < -0.39 is 0 Å². The summed E-state index contributed by atoms with van der Waals surface area (Å²) >= 11 is 0. The normalized spacial score (nSPS) is 14.0. The van der Waals surface area contributed by atoms with Gasteiger partial charge >= 0.3 is 6.03 Å². The second kappa shape index (κ2) is 11.9. The number of hydrogen-bond donors (Lipinski definition) is 3. The fourth-order valence-electron chi connectivity index (χ4n) is 3.64. The van der Waals surface area contributed by atoms with Crippen molar-refractivity contribution in [2.24, 2.45) is 0 Å². The molecule has 170 valence electrons. The summed E-state index contributed by atoms with van der Waals surface area (Å²) in [6.45, 7) is 5.10. The molecule has 2 aromatic rings. The van der Waals surface area contributed by atoms with Gasteiger partial charge in [-0.3, -0.25) is 14.5 Å². The van der Waals surface area contributed by atoms with Gasteiger partial charge in [0.05, 0.1) is 6.54 Å². The SMILES string of the molecule is CCc1ccccc1NC(=O)CN1CCN(C(=O)CCNC(=O)Nc2ccccc2)CC1. The van der Waals surface area contributed by atoms with Crippen LogP contribution >= 0.6 is 0 Å². The Morgan fingerprint density at radius 3 is 2.28 bits per heavy atom.